The topological polar surface area (TPSA) is 66.3 Å². The predicted octanol–water partition coefficient (Wildman–Crippen LogP) is 2.41. The molecule has 98 valence electrons. The number of hydrogen-bond donors (Lipinski definition) is 1. The van der Waals surface area contributed by atoms with Gasteiger partial charge in [0.15, 0.2) is 5.82 Å². The van der Waals surface area contributed by atoms with Gasteiger partial charge in [0.1, 0.15) is 5.56 Å². The Hall–Kier alpha value is -1.95. The third-order valence-electron chi connectivity index (χ3n) is 3.12. The number of nitrogens with zero attached hydrogens (tertiary/aromatic N) is 3. The zero-order valence-corrected chi connectivity index (χ0v) is 11.0. The molecule has 0 bridgehead atoms. The van der Waals surface area contributed by atoms with Crippen molar-refractivity contribution in [1.82, 2.24) is 10.2 Å². The Bertz CT molecular complexity index is 581. The molecule has 3 rings (SSSR count). The van der Waals surface area contributed by atoms with E-state index in [9.17, 15) is 9.90 Å². The Balaban J connectivity index is 1.94. The van der Waals surface area contributed by atoms with Crippen LogP contribution in [0.2, 0.25) is 0 Å². The molecule has 0 atom stereocenters. The van der Waals surface area contributed by atoms with E-state index >= 15 is 0 Å². The van der Waals surface area contributed by atoms with Crippen LogP contribution in [-0.4, -0.2) is 27.3 Å². The first-order valence-corrected chi connectivity index (χ1v) is 7.02. The molecule has 1 aliphatic carbocycles. The summed E-state index contributed by atoms with van der Waals surface area (Å²) in [6.07, 6.45) is 3.59. The number of carboxylic acids is 1. The fourth-order valence-electron chi connectivity index (χ4n) is 2.05. The molecule has 0 spiro atoms. The van der Waals surface area contributed by atoms with Crippen molar-refractivity contribution in [3.8, 4) is 0 Å². The minimum atomic E-state index is -0.958. The average Bonchev–Trinajstić information content (AvgIpc) is 3.13. The molecule has 1 saturated carbocycles. The molecule has 1 aliphatic rings. The van der Waals surface area contributed by atoms with E-state index in [1.165, 1.54) is 17.8 Å². The van der Waals surface area contributed by atoms with Crippen molar-refractivity contribution in [3.63, 3.8) is 0 Å². The Morgan fingerprint density at radius 2 is 2.32 bits per heavy atom. The summed E-state index contributed by atoms with van der Waals surface area (Å²) in [6.45, 7) is 0.688. The maximum atomic E-state index is 11.3. The van der Waals surface area contributed by atoms with Crippen molar-refractivity contribution in [3.05, 3.63) is 40.2 Å². The lowest BCUT2D eigenvalue weighted by Gasteiger charge is -2.23. The number of carboxylic acid groups (broad SMARTS) is 1. The van der Waals surface area contributed by atoms with Gasteiger partial charge in [-0.1, -0.05) is 0 Å². The number of aromatic nitrogens is 2. The van der Waals surface area contributed by atoms with Crippen molar-refractivity contribution in [2.75, 3.05) is 4.90 Å². The second-order valence-corrected chi connectivity index (χ2v) is 5.34. The molecule has 2 aromatic heterocycles. The molecular formula is C13H13N3O2S. The highest BCUT2D eigenvalue weighted by atomic mass is 32.1. The van der Waals surface area contributed by atoms with E-state index < -0.39 is 5.97 Å². The van der Waals surface area contributed by atoms with Gasteiger partial charge in [-0.05, 0) is 41.3 Å². The van der Waals surface area contributed by atoms with Crippen molar-refractivity contribution in [2.45, 2.75) is 25.4 Å². The zero-order valence-electron chi connectivity index (χ0n) is 10.2. The van der Waals surface area contributed by atoms with Crippen molar-refractivity contribution in [1.29, 1.82) is 0 Å². The first-order chi connectivity index (χ1) is 9.25. The normalized spacial score (nSPS) is 14.3. The molecule has 2 heterocycles. The first-order valence-electron chi connectivity index (χ1n) is 6.08. The van der Waals surface area contributed by atoms with Crippen LogP contribution in [0.15, 0.2) is 29.1 Å². The molecule has 0 saturated heterocycles. The van der Waals surface area contributed by atoms with E-state index in [0.29, 0.717) is 18.4 Å². The molecule has 0 radical (unpaired) electrons. The first kappa shape index (κ1) is 12.1. The van der Waals surface area contributed by atoms with Gasteiger partial charge < -0.3 is 10.0 Å². The lowest BCUT2D eigenvalue weighted by atomic mass is 10.2. The molecule has 0 aromatic carbocycles. The SMILES string of the molecule is O=C(O)c1ccnnc1N(Cc1ccsc1)C1CC1. The zero-order chi connectivity index (χ0) is 13.2. The van der Waals surface area contributed by atoms with E-state index in [1.54, 1.807) is 11.3 Å². The number of aromatic carboxylic acids is 1. The van der Waals surface area contributed by atoms with Gasteiger partial charge in [-0.25, -0.2) is 4.79 Å². The van der Waals surface area contributed by atoms with Gasteiger partial charge in [-0.3, -0.25) is 0 Å². The number of thiophene rings is 1. The highest BCUT2D eigenvalue weighted by Gasteiger charge is 2.32. The van der Waals surface area contributed by atoms with Crippen LogP contribution >= 0.6 is 11.3 Å². The van der Waals surface area contributed by atoms with E-state index in [1.807, 2.05) is 5.38 Å². The van der Waals surface area contributed by atoms with Crippen LogP contribution in [0.4, 0.5) is 5.82 Å². The Kier molecular flexibility index (Phi) is 3.16. The summed E-state index contributed by atoms with van der Waals surface area (Å²) in [4.78, 5) is 13.3. The monoisotopic (exact) mass is 275 g/mol. The van der Waals surface area contributed by atoms with Gasteiger partial charge in [0.2, 0.25) is 0 Å². The number of hydrogen-bond acceptors (Lipinski definition) is 5. The fraction of sp³-hybridized carbons (Fsp3) is 0.308. The minimum Gasteiger partial charge on any atom is -0.478 e. The summed E-state index contributed by atoms with van der Waals surface area (Å²) in [6, 6.07) is 3.94. The number of rotatable bonds is 5. The average molecular weight is 275 g/mol. The highest BCUT2D eigenvalue weighted by molar-refractivity contribution is 7.07. The van der Waals surface area contributed by atoms with Gasteiger partial charge >= 0.3 is 5.97 Å². The maximum Gasteiger partial charge on any atom is 0.339 e. The Morgan fingerprint density at radius 3 is 2.95 bits per heavy atom. The second kappa shape index (κ2) is 4.97. The summed E-state index contributed by atoms with van der Waals surface area (Å²) in [7, 11) is 0. The van der Waals surface area contributed by atoms with Gasteiger partial charge in [0.25, 0.3) is 0 Å². The van der Waals surface area contributed by atoms with Crippen molar-refractivity contribution >= 4 is 23.1 Å². The van der Waals surface area contributed by atoms with Crippen molar-refractivity contribution in [2.24, 2.45) is 0 Å². The van der Waals surface area contributed by atoms with E-state index in [2.05, 4.69) is 26.5 Å². The Morgan fingerprint density at radius 1 is 1.47 bits per heavy atom. The molecular weight excluding hydrogens is 262 g/mol. The van der Waals surface area contributed by atoms with E-state index in [0.717, 1.165) is 12.8 Å². The number of anilines is 1. The predicted molar refractivity (Wildman–Crippen MR) is 72.5 cm³/mol. The van der Waals surface area contributed by atoms with Gasteiger partial charge in [0, 0.05) is 12.6 Å². The van der Waals surface area contributed by atoms with Crippen molar-refractivity contribution < 1.29 is 9.90 Å². The van der Waals surface area contributed by atoms with Crippen LogP contribution in [0, 0.1) is 0 Å². The quantitative estimate of drug-likeness (QED) is 0.907. The molecule has 1 fully saturated rings. The third kappa shape index (κ3) is 2.58. The maximum absolute atomic E-state index is 11.3. The summed E-state index contributed by atoms with van der Waals surface area (Å²) >= 11 is 1.64. The molecule has 2 aromatic rings. The second-order valence-electron chi connectivity index (χ2n) is 4.56. The van der Waals surface area contributed by atoms with Crippen LogP contribution in [0.1, 0.15) is 28.8 Å². The Labute approximate surface area is 114 Å². The van der Waals surface area contributed by atoms with Crippen LogP contribution < -0.4 is 4.90 Å². The molecule has 0 unspecified atom stereocenters. The van der Waals surface area contributed by atoms with E-state index in [4.69, 9.17) is 0 Å². The molecule has 6 heteroatoms. The highest BCUT2D eigenvalue weighted by Crippen LogP contribution is 2.33. The van der Waals surface area contributed by atoms with Crippen LogP contribution in [0.5, 0.6) is 0 Å². The lowest BCUT2D eigenvalue weighted by molar-refractivity contribution is 0.0697. The molecule has 0 aliphatic heterocycles. The summed E-state index contributed by atoms with van der Waals surface area (Å²) in [5.41, 5.74) is 1.40. The third-order valence-corrected chi connectivity index (χ3v) is 3.86. The molecule has 5 nitrogen and oxygen atoms in total. The molecule has 0 amide bonds. The molecule has 1 N–H and O–H groups in total. The summed E-state index contributed by atoms with van der Waals surface area (Å²) < 4.78 is 0. The van der Waals surface area contributed by atoms with Gasteiger partial charge in [0.05, 0.1) is 6.20 Å². The van der Waals surface area contributed by atoms with E-state index in [-0.39, 0.29) is 5.56 Å². The van der Waals surface area contributed by atoms with Crippen LogP contribution in [-0.2, 0) is 6.54 Å². The van der Waals surface area contributed by atoms with Gasteiger partial charge in [-0.2, -0.15) is 16.4 Å². The molecule has 19 heavy (non-hydrogen) atoms. The standard InChI is InChI=1S/C13H13N3O2S/c17-13(18)11-3-5-14-15-12(11)16(10-1-2-10)7-9-4-6-19-8-9/h3-6,8,10H,1-2,7H2,(H,17,18). The summed E-state index contributed by atoms with van der Waals surface area (Å²) in [5, 5.41) is 21.2. The van der Waals surface area contributed by atoms with Gasteiger partial charge in [-0.15, -0.1) is 5.10 Å². The largest absolute Gasteiger partial charge is 0.478 e. The van der Waals surface area contributed by atoms with Crippen LogP contribution in [0.3, 0.4) is 0 Å². The lowest BCUT2D eigenvalue weighted by Crippen LogP contribution is -2.28. The summed E-state index contributed by atoms with van der Waals surface area (Å²) in [5.74, 6) is -0.482. The smallest absolute Gasteiger partial charge is 0.339 e. The van der Waals surface area contributed by atoms with Crippen LogP contribution in [0.25, 0.3) is 0 Å². The minimum absolute atomic E-state index is 0.220. The fourth-order valence-corrected chi connectivity index (χ4v) is 2.71. The number of carbonyl (C=O) groups is 1.